The summed E-state index contributed by atoms with van der Waals surface area (Å²) in [4.78, 5) is 31.0. The fraction of sp³-hybridized carbons (Fsp3) is 0.556. The molecule has 3 rings (SSSR count). The van der Waals surface area contributed by atoms with Gasteiger partial charge in [-0.2, -0.15) is 0 Å². The first kappa shape index (κ1) is 17.4. The van der Waals surface area contributed by atoms with Gasteiger partial charge < -0.3 is 14.7 Å². The number of hydrogen-bond donors (Lipinski definition) is 1. The normalized spacial score (nSPS) is 14.5. The van der Waals surface area contributed by atoms with Crippen molar-refractivity contribution >= 4 is 22.9 Å². The van der Waals surface area contributed by atoms with Crippen LogP contribution in [0.3, 0.4) is 0 Å². The Morgan fingerprint density at radius 1 is 1.32 bits per heavy atom. The van der Waals surface area contributed by atoms with Gasteiger partial charge >= 0.3 is 0 Å². The van der Waals surface area contributed by atoms with E-state index in [1.165, 1.54) is 0 Å². The summed E-state index contributed by atoms with van der Waals surface area (Å²) >= 11 is 0. The third-order valence-electron chi connectivity index (χ3n) is 4.56. The summed E-state index contributed by atoms with van der Waals surface area (Å²) in [5, 5.41) is 7.40. The van der Waals surface area contributed by atoms with E-state index in [-0.39, 0.29) is 17.7 Å². The van der Waals surface area contributed by atoms with Gasteiger partial charge in [0.1, 0.15) is 0 Å². The molecule has 2 aromatic rings. The Balaban J connectivity index is 1.72. The van der Waals surface area contributed by atoms with Gasteiger partial charge in [-0.3, -0.25) is 9.59 Å². The van der Waals surface area contributed by atoms with Gasteiger partial charge in [-0.05, 0) is 31.7 Å². The van der Waals surface area contributed by atoms with Crippen LogP contribution in [0, 0.1) is 6.92 Å². The Kier molecular flexibility index (Phi) is 5.01. The average molecular weight is 344 g/mol. The van der Waals surface area contributed by atoms with Crippen LogP contribution in [-0.2, 0) is 4.79 Å². The van der Waals surface area contributed by atoms with Crippen molar-refractivity contribution < 1.29 is 14.1 Å². The molecule has 1 aliphatic rings. The molecule has 0 bridgehead atoms. The number of fused-ring (bicyclic) bond motifs is 1. The number of nitrogens with one attached hydrogen (secondary N) is 1. The lowest BCUT2D eigenvalue weighted by atomic mass is 10.0. The second-order valence-electron chi connectivity index (χ2n) is 6.79. The van der Waals surface area contributed by atoms with Crippen LogP contribution >= 0.6 is 0 Å². The minimum absolute atomic E-state index is 0.0988. The van der Waals surface area contributed by atoms with Crippen LogP contribution in [0.15, 0.2) is 10.6 Å². The zero-order chi connectivity index (χ0) is 18.0. The number of amides is 2. The minimum Gasteiger partial charge on any atom is -0.351 e. The summed E-state index contributed by atoms with van der Waals surface area (Å²) in [5.41, 5.74) is 2.29. The van der Waals surface area contributed by atoms with Gasteiger partial charge in [0.2, 0.25) is 5.91 Å². The molecule has 0 atom stereocenters. The number of pyridine rings is 1. The Hall–Kier alpha value is -2.44. The van der Waals surface area contributed by atoms with Crippen molar-refractivity contribution in [3.63, 3.8) is 0 Å². The first-order chi connectivity index (χ1) is 12.0. The van der Waals surface area contributed by atoms with Crippen molar-refractivity contribution in [2.45, 2.75) is 46.0 Å². The Labute approximate surface area is 146 Å². The van der Waals surface area contributed by atoms with Crippen LogP contribution in [0.25, 0.3) is 11.1 Å². The van der Waals surface area contributed by atoms with Gasteiger partial charge in [0.25, 0.3) is 11.6 Å². The molecule has 3 heterocycles. The lowest BCUT2D eigenvalue weighted by molar-refractivity contribution is -0.129. The van der Waals surface area contributed by atoms with E-state index in [1.54, 1.807) is 13.0 Å². The van der Waals surface area contributed by atoms with E-state index in [1.807, 2.05) is 18.7 Å². The maximum atomic E-state index is 12.7. The van der Waals surface area contributed by atoms with Gasteiger partial charge in [-0.1, -0.05) is 19.0 Å². The fourth-order valence-electron chi connectivity index (χ4n) is 3.09. The van der Waals surface area contributed by atoms with Crippen molar-refractivity contribution in [3.05, 3.63) is 23.0 Å². The first-order valence-electron chi connectivity index (χ1n) is 8.80. The van der Waals surface area contributed by atoms with Gasteiger partial charge in [0.15, 0.2) is 0 Å². The molecule has 2 amide bonds. The smallest absolute Gasteiger partial charge is 0.259 e. The zero-order valence-corrected chi connectivity index (χ0v) is 15.0. The largest absolute Gasteiger partial charge is 0.351 e. The Morgan fingerprint density at radius 3 is 2.72 bits per heavy atom. The van der Waals surface area contributed by atoms with Crippen LogP contribution in [0.5, 0.6) is 0 Å². The molecule has 2 aromatic heterocycles. The number of rotatable bonds is 5. The molecule has 0 aromatic carbocycles. The third kappa shape index (κ3) is 3.65. The van der Waals surface area contributed by atoms with Gasteiger partial charge in [-0.15, -0.1) is 0 Å². The van der Waals surface area contributed by atoms with Crippen molar-refractivity contribution in [1.29, 1.82) is 0 Å². The molecule has 7 heteroatoms. The maximum Gasteiger partial charge on any atom is 0.259 e. The summed E-state index contributed by atoms with van der Waals surface area (Å²) in [5.74, 6) is 0.0367. The lowest BCUT2D eigenvalue weighted by Crippen LogP contribution is -2.32. The van der Waals surface area contributed by atoms with Gasteiger partial charge in [0.05, 0.1) is 16.6 Å². The van der Waals surface area contributed by atoms with E-state index < -0.39 is 0 Å². The van der Waals surface area contributed by atoms with Crippen molar-refractivity contribution in [1.82, 2.24) is 20.4 Å². The lowest BCUT2D eigenvalue weighted by Gasteiger charge is -2.15. The quantitative estimate of drug-likeness (QED) is 0.900. The highest BCUT2D eigenvalue weighted by Crippen LogP contribution is 2.25. The summed E-state index contributed by atoms with van der Waals surface area (Å²) < 4.78 is 5.24. The van der Waals surface area contributed by atoms with E-state index in [2.05, 4.69) is 15.5 Å². The third-order valence-corrected chi connectivity index (χ3v) is 4.56. The number of hydrogen-bond acceptors (Lipinski definition) is 5. The van der Waals surface area contributed by atoms with Crippen molar-refractivity contribution in [2.24, 2.45) is 0 Å². The topological polar surface area (TPSA) is 88.3 Å². The van der Waals surface area contributed by atoms with E-state index in [0.29, 0.717) is 35.3 Å². The Bertz CT molecular complexity index is 791. The van der Waals surface area contributed by atoms with Crippen LogP contribution in [0.2, 0.25) is 0 Å². The van der Waals surface area contributed by atoms with Gasteiger partial charge in [-0.25, -0.2) is 4.98 Å². The molecule has 0 unspecified atom stereocenters. The number of carbonyl (C=O) groups is 2. The van der Waals surface area contributed by atoms with Crippen LogP contribution < -0.4 is 5.32 Å². The molecule has 1 aliphatic heterocycles. The van der Waals surface area contributed by atoms with Crippen LogP contribution in [-0.4, -0.2) is 46.5 Å². The fourth-order valence-corrected chi connectivity index (χ4v) is 3.09. The van der Waals surface area contributed by atoms with Crippen LogP contribution in [0.4, 0.5) is 0 Å². The standard InChI is InChI=1S/C18H24N4O3/c1-11(2)14-10-13(16-12(3)21-25-18(16)20-14)17(24)19-7-6-15(23)22-8-4-5-9-22/h10-11H,4-9H2,1-3H3,(H,19,24). The van der Waals surface area contributed by atoms with Crippen molar-refractivity contribution in [3.8, 4) is 0 Å². The second-order valence-corrected chi connectivity index (χ2v) is 6.79. The molecule has 134 valence electrons. The van der Waals surface area contributed by atoms with E-state index in [0.717, 1.165) is 31.6 Å². The number of aryl methyl sites for hydroxylation is 1. The SMILES string of the molecule is Cc1noc2nc(C(C)C)cc(C(=O)NCCC(=O)N3CCCC3)c12. The molecular weight excluding hydrogens is 320 g/mol. The highest BCUT2D eigenvalue weighted by molar-refractivity contribution is 6.06. The molecule has 1 N–H and O–H groups in total. The molecule has 0 spiro atoms. The minimum atomic E-state index is -0.227. The number of nitrogens with zero attached hydrogens (tertiary/aromatic N) is 3. The molecule has 1 saturated heterocycles. The van der Waals surface area contributed by atoms with E-state index in [4.69, 9.17) is 4.52 Å². The molecule has 0 radical (unpaired) electrons. The summed E-state index contributed by atoms with van der Waals surface area (Å²) in [6.07, 6.45) is 2.45. The summed E-state index contributed by atoms with van der Waals surface area (Å²) in [7, 11) is 0. The van der Waals surface area contributed by atoms with Crippen LogP contribution in [0.1, 0.15) is 60.8 Å². The zero-order valence-electron chi connectivity index (χ0n) is 15.0. The van der Waals surface area contributed by atoms with Gasteiger partial charge in [0, 0.05) is 31.7 Å². The highest BCUT2D eigenvalue weighted by Gasteiger charge is 2.21. The summed E-state index contributed by atoms with van der Waals surface area (Å²) in [6.45, 7) is 7.78. The highest BCUT2D eigenvalue weighted by atomic mass is 16.5. The molecule has 1 fully saturated rings. The van der Waals surface area contributed by atoms with E-state index in [9.17, 15) is 9.59 Å². The predicted octanol–water partition coefficient (Wildman–Crippen LogP) is 2.40. The molecule has 0 aliphatic carbocycles. The average Bonchev–Trinajstić information content (AvgIpc) is 3.24. The summed E-state index contributed by atoms with van der Waals surface area (Å²) in [6, 6.07) is 1.79. The van der Waals surface area contributed by atoms with Crippen molar-refractivity contribution in [2.75, 3.05) is 19.6 Å². The second kappa shape index (κ2) is 7.21. The Morgan fingerprint density at radius 2 is 2.04 bits per heavy atom. The molecule has 25 heavy (non-hydrogen) atoms. The molecular formula is C18H24N4O3. The number of likely N-dealkylation sites (tertiary alicyclic amines) is 1. The maximum absolute atomic E-state index is 12.7. The monoisotopic (exact) mass is 344 g/mol. The first-order valence-corrected chi connectivity index (χ1v) is 8.80. The molecule has 7 nitrogen and oxygen atoms in total. The van der Waals surface area contributed by atoms with E-state index >= 15 is 0 Å². The number of aromatic nitrogens is 2. The number of carbonyl (C=O) groups excluding carboxylic acids is 2. The molecule has 0 saturated carbocycles. The predicted molar refractivity (Wildman–Crippen MR) is 93.4 cm³/mol.